The molecule has 1 fully saturated rings. The van der Waals surface area contributed by atoms with Gasteiger partial charge in [0.05, 0.1) is 18.4 Å². The summed E-state index contributed by atoms with van der Waals surface area (Å²) in [5, 5.41) is 2.72. The van der Waals surface area contributed by atoms with Crippen molar-refractivity contribution in [2.45, 2.75) is 43.0 Å². The Hall–Kier alpha value is -2.87. The van der Waals surface area contributed by atoms with Crippen LogP contribution in [-0.4, -0.2) is 37.7 Å². The first kappa shape index (κ1) is 19.4. The van der Waals surface area contributed by atoms with Gasteiger partial charge in [-0.2, -0.15) is 0 Å². The highest BCUT2D eigenvalue weighted by atomic mass is 32.2. The fourth-order valence-electron chi connectivity index (χ4n) is 4.01. The Morgan fingerprint density at radius 1 is 1.10 bits per heavy atom. The van der Waals surface area contributed by atoms with E-state index in [2.05, 4.69) is 5.32 Å². The van der Waals surface area contributed by atoms with Crippen molar-refractivity contribution in [3.05, 3.63) is 53.6 Å². The summed E-state index contributed by atoms with van der Waals surface area (Å²) in [5.74, 6) is -0.479. The zero-order valence-corrected chi connectivity index (χ0v) is 16.9. The van der Waals surface area contributed by atoms with E-state index in [-0.39, 0.29) is 22.1 Å². The lowest BCUT2D eigenvalue weighted by atomic mass is 9.95. The van der Waals surface area contributed by atoms with Crippen molar-refractivity contribution in [3.63, 3.8) is 0 Å². The largest absolute Gasteiger partial charge is 0.495 e. The number of amides is 2. The summed E-state index contributed by atoms with van der Waals surface area (Å²) in [6.45, 7) is 0. The Morgan fingerprint density at radius 3 is 2.55 bits per heavy atom. The fraction of sp³-hybridized carbons (Fsp3) is 0.333. The summed E-state index contributed by atoms with van der Waals surface area (Å²) in [7, 11) is -2.46. The highest BCUT2D eigenvalue weighted by molar-refractivity contribution is 7.90. The predicted molar refractivity (Wildman–Crippen MR) is 108 cm³/mol. The van der Waals surface area contributed by atoms with Crippen molar-refractivity contribution >= 4 is 27.5 Å². The van der Waals surface area contributed by atoms with Gasteiger partial charge in [0.2, 0.25) is 0 Å². The first-order valence-corrected chi connectivity index (χ1v) is 11.0. The summed E-state index contributed by atoms with van der Waals surface area (Å²) in [5.41, 5.74) is 0.768. The molecule has 7 nitrogen and oxygen atoms in total. The minimum atomic E-state index is -3.96. The maximum atomic E-state index is 13.1. The number of rotatable bonds is 4. The van der Waals surface area contributed by atoms with Crippen LogP contribution in [0.15, 0.2) is 47.4 Å². The Labute approximate surface area is 169 Å². The van der Waals surface area contributed by atoms with Crippen LogP contribution in [0.3, 0.4) is 0 Å². The van der Waals surface area contributed by atoms with Crippen LogP contribution in [-0.2, 0) is 10.0 Å². The molecule has 0 atom stereocenters. The van der Waals surface area contributed by atoms with Crippen molar-refractivity contribution in [1.82, 2.24) is 4.31 Å². The molecule has 1 aliphatic carbocycles. The number of sulfonamides is 1. The van der Waals surface area contributed by atoms with Crippen molar-refractivity contribution in [2.24, 2.45) is 0 Å². The minimum Gasteiger partial charge on any atom is -0.495 e. The van der Waals surface area contributed by atoms with Gasteiger partial charge >= 0.3 is 0 Å². The van der Waals surface area contributed by atoms with E-state index in [1.54, 1.807) is 24.3 Å². The van der Waals surface area contributed by atoms with E-state index < -0.39 is 21.8 Å². The predicted octanol–water partition coefficient (Wildman–Crippen LogP) is 3.42. The van der Waals surface area contributed by atoms with Gasteiger partial charge in [0.15, 0.2) is 0 Å². The van der Waals surface area contributed by atoms with Gasteiger partial charge in [-0.3, -0.25) is 9.59 Å². The average Bonchev–Trinajstić information content (AvgIpc) is 2.94. The number of ether oxygens (including phenoxy) is 1. The topological polar surface area (TPSA) is 92.8 Å². The third kappa shape index (κ3) is 3.37. The molecule has 0 bridgehead atoms. The number of carbonyl (C=O) groups is 2. The molecule has 1 heterocycles. The van der Waals surface area contributed by atoms with Crippen molar-refractivity contribution in [3.8, 4) is 5.75 Å². The molecule has 1 aliphatic heterocycles. The van der Waals surface area contributed by atoms with E-state index in [1.165, 1.54) is 25.3 Å². The lowest BCUT2D eigenvalue weighted by Gasteiger charge is -2.29. The number of hydrogen-bond donors (Lipinski definition) is 1. The fourth-order valence-corrected chi connectivity index (χ4v) is 5.85. The Kier molecular flexibility index (Phi) is 5.04. The number of fused-ring (bicyclic) bond motifs is 1. The summed E-state index contributed by atoms with van der Waals surface area (Å²) >= 11 is 0. The summed E-state index contributed by atoms with van der Waals surface area (Å²) in [6, 6.07) is 10.8. The first-order valence-electron chi connectivity index (χ1n) is 9.60. The molecule has 1 N–H and O–H groups in total. The number of methoxy groups -OCH3 is 1. The van der Waals surface area contributed by atoms with Gasteiger partial charge in [0.25, 0.3) is 21.8 Å². The normalized spacial score (nSPS) is 18.4. The van der Waals surface area contributed by atoms with Crippen molar-refractivity contribution < 1.29 is 22.7 Å². The van der Waals surface area contributed by atoms with Crippen LogP contribution in [0.5, 0.6) is 5.75 Å². The molecule has 0 radical (unpaired) electrons. The van der Waals surface area contributed by atoms with Gasteiger partial charge in [0, 0.05) is 11.6 Å². The van der Waals surface area contributed by atoms with Crippen LogP contribution in [0.25, 0.3) is 0 Å². The monoisotopic (exact) mass is 414 g/mol. The number of nitrogens with one attached hydrogen (secondary N) is 1. The number of anilines is 1. The molecule has 152 valence electrons. The van der Waals surface area contributed by atoms with Gasteiger partial charge in [-0.25, -0.2) is 12.7 Å². The number of para-hydroxylation sites is 2. The summed E-state index contributed by atoms with van der Waals surface area (Å²) in [6.07, 6.45) is 4.23. The Bertz CT molecular complexity index is 1070. The zero-order valence-electron chi connectivity index (χ0n) is 16.1. The summed E-state index contributed by atoms with van der Waals surface area (Å²) in [4.78, 5) is 25.4. The van der Waals surface area contributed by atoms with Gasteiger partial charge < -0.3 is 10.1 Å². The highest BCUT2D eigenvalue weighted by Crippen LogP contribution is 2.36. The molecule has 8 heteroatoms. The second kappa shape index (κ2) is 7.51. The first-order chi connectivity index (χ1) is 13.9. The molecule has 0 saturated heterocycles. The zero-order chi connectivity index (χ0) is 20.6. The molecular formula is C21H22N2O5S. The van der Waals surface area contributed by atoms with Crippen LogP contribution in [0.2, 0.25) is 0 Å². The Morgan fingerprint density at radius 2 is 1.83 bits per heavy atom. The number of benzene rings is 2. The second-order valence-electron chi connectivity index (χ2n) is 7.26. The van der Waals surface area contributed by atoms with Crippen molar-refractivity contribution in [2.75, 3.05) is 12.4 Å². The lowest BCUT2D eigenvalue weighted by Crippen LogP contribution is -2.40. The molecule has 2 aromatic carbocycles. The smallest absolute Gasteiger partial charge is 0.269 e. The molecule has 0 unspecified atom stereocenters. The Balaban J connectivity index is 1.64. The van der Waals surface area contributed by atoms with E-state index in [0.717, 1.165) is 23.6 Å². The molecule has 2 aromatic rings. The molecule has 2 aliphatic rings. The third-order valence-corrected chi connectivity index (χ3v) is 7.35. The molecule has 4 rings (SSSR count). The van der Waals surface area contributed by atoms with Crippen molar-refractivity contribution in [1.29, 1.82) is 0 Å². The van der Waals surface area contributed by atoms with Crippen LogP contribution >= 0.6 is 0 Å². The number of hydrogen-bond acceptors (Lipinski definition) is 5. The molecular weight excluding hydrogens is 392 g/mol. The van der Waals surface area contributed by atoms with Gasteiger partial charge in [-0.15, -0.1) is 0 Å². The average molecular weight is 414 g/mol. The molecule has 0 spiro atoms. The van der Waals surface area contributed by atoms with Gasteiger partial charge in [-0.1, -0.05) is 31.4 Å². The third-order valence-electron chi connectivity index (χ3n) is 5.47. The minimum absolute atomic E-state index is 0.0965. The standard InChI is InChI=1S/C21H22N2O5S/c1-28-18-10-6-5-9-17(18)22-20(24)14-11-12-16-19(13-14)29(26,27)23(21(16)25)15-7-3-2-4-8-15/h5-6,9-13,15H,2-4,7-8H2,1H3,(H,22,24). The molecule has 0 aromatic heterocycles. The molecule has 29 heavy (non-hydrogen) atoms. The van der Waals surface area contributed by atoms with E-state index in [1.807, 2.05) is 0 Å². The highest BCUT2D eigenvalue weighted by Gasteiger charge is 2.45. The maximum absolute atomic E-state index is 13.1. The SMILES string of the molecule is COc1ccccc1NC(=O)c1ccc2c(c1)S(=O)(=O)N(C1CCCCC1)C2=O. The van der Waals surface area contributed by atoms with E-state index in [9.17, 15) is 18.0 Å². The quantitative estimate of drug-likeness (QED) is 0.827. The van der Waals surface area contributed by atoms with E-state index >= 15 is 0 Å². The molecule has 2 amide bonds. The van der Waals surface area contributed by atoms with Gasteiger partial charge in [-0.05, 0) is 43.2 Å². The maximum Gasteiger partial charge on any atom is 0.269 e. The van der Waals surface area contributed by atoms with Gasteiger partial charge in [0.1, 0.15) is 10.6 Å². The molecule has 1 saturated carbocycles. The van der Waals surface area contributed by atoms with Crippen LogP contribution < -0.4 is 10.1 Å². The van der Waals surface area contributed by atoms with E-state index in [4.69, 9.17) is 4.74 Å². The van der Waals surface area contributed by atoms with E-state index in [0.29, 0.717) is 24.3 Å². The van der Waals surface area contributed by atoms with Crippen LogP contribution in [0.4, 0.5) is 5.69 Å². The van der Waals surface area contributed by atoms with Crippen LogP contribution in [0.1, 0.15) is 52.8 Å². The van der Waals surface area contributed by atoms with Crippen LogP contribution in [0, 0.1) is 0 Å². The lowest BCUT2D eigenvalue weighted by molar-refractivity contribution is 0.0809. The second-order valence-corrected chi connectivity index (χ2v) is 9.05. The summed E-state index contributed by atoms with van der Waals surface area (Å²) < 4.78 is 32.4. The number of nitrogens with zero attached hydrogens (tertiary/aromatic N) is 1. The number of carbonyl (C=O) groups excluding carboxylic acids is 2.